The van der Waals surface area contributed by atoms with Crippen molar-refractivity contribution in [2.45, 2.75) is 25.6 Å². The Hall–Kier alpha value is -2.22. The number of carbonyl (C=O) groups excluding carboxylic acids is 1. The van der Waals surface area contributed by atoms with E-state index in [-0.39, 0.29) is 24.5 Å². The molecule has 1 aliphatic rings. The molecular weight excluding hydrogens is 282 g/mol. The Morgan fingerprint density at radius 1 is 1.36 bits per heavy atom. The fraction of sp³-hybridized carbons (Fsp3) is 0.571. The van der Waals surface area contributed by atoms with E-state index in [2.05, 4.69) is 20.3 Å². The first kappa shape index (κ1) is 14.7. The van der Waals surface area contributed by atoms with Gasteiger partial charge in [0.05, 0.1) is 24.0 Å². The third-order valence-electron chi connectivity index (χ3n) is 4.13. The van der Waals surface area contributed by atoms with Gasteiger partial charge in [-0.3, -0.25) is 9.48 Å². The standard InChI is InChI=1S/C14H21N7O/c1-11-4-6-20(16-11)10-14(22)19-8-12(18(2)3)13(9-19)21-7-5-15-17-21/h4-7,12-13H,8-10H2,1-3H3/t12-,13+/m1/s1. The number of carbonyl (C=O) groups is 1. The number of likely N-dealkylation sites (tertiary alicyclic amines) is 1. The van der Waals surface area contributed by atoms with Crippen LogP contribution in [-0.4, -0.2) is 73.7 Å². The molecule has 0 saturated carbocycles. The molecule has 118 valence electrons. The Labute approximate surface area is 129 Å². The van der Waals surface area contributed by atoms with E-state index in [1.54, 1.807) is 10.9 Å². The predicted molar refractivity (Wildman–Crippen MR) is 80.1 cm³/mol. The van der Waals surface area contributed by atoms with E-state index in [9.17, 15) is 4.79 Å². The monoisotopic (exact) mass is 303 g/mol. The maximum Gasteiger partial charge on any atom is 0.244 e. The highest BCUT2D eigenvalue weighted by molar-refractivity contribution is 5.76. The van der Waals surface area contributed by atoms with Crippen LogP contribution in [0.25, 0.3) is 0 Å². The van der Waals surface area contributed by atoms with Gasteiger partial charge < -0.3 is 9.80 Å². The van der Waals surface area contributed by atoms with Gasteiger partial charge in [0, 0.05) is 25.5 Å². The molecule has 1 fully saturated rings. The van der Waals surface area contributed by atoms with E-state index in [4.69, 9.17) is 0 Å². The first-order chi connectivity index (χ1) is 10.5. The van der Waals surface area contributed by atoms with Crippen molar-refractivity contribution in [1.82, 2.24) is 34.6 Å². The SMILES string of the molecule is Cc1ccn(CC(=O)N2C[C@@H](N(C)C)[C@@H](n3ccnn3)C2)n1. The molecule has 3 rings (SSSR count). The van der Waals surface area contributed by atoms with Crippen molar-refractivity contribution in [1.29, 1.82) is 0 Å². The number of aryl methyl sites for hydroxylation is 1. The van der Waals surface area contributed by atoms with Crippen LogP contribution in [0.4, 0.5) is 0 Å². The Morgan fingerprint density at radius 3 is 2.77 bits per heavy atom. The molecule has 0 N–H and O–H groups in total. The second-order valence-electron chi connectivity index (χ2n) is 5.93. The van der Waals surface area contributed by atoms with Crippen LogP contribution in [0.15, 0.2) is 24.7 Å². The zero-order valence-corrected chi connectivity index (χ0v) is 13.1. The number of likely N-dealkylation sites (N-methyl/N-ethyl adjacent to an activating group) is 1. The summed E-state index contributed by atoms with van der Waals surface area (Å²) < 4.78 is 3.53. The van der Waals surface area contributed by atoms with Crippen LogP contribution in [0.2, 0.25) is 0 Å². The summed E-state index contributed by atoms with van der Waals surface area (Å²) in [6.45, 7) is 3.53. The highest BCUT2D eigenvalue weighted by Crippen LogP contribution is 2.24. The molecule has 0 aliphatic carbocycles. The number of rotatable bonds is 4. The minimum Gasteiger partial charge on any atom is -0.337 e. The molecule has 8 heteroatoms. The third-order valence-corrected chi connectivity index (χ3v) is 4.13. The minimum absolute atomic E-state index is 0.0811. The Balaban J connectivity index is 1.71. The maximum atomic E-state index is 12.5. The quantitative estimate of drug-likeness (QED) is 0.782. The van der Waals surface area contributed by atoms with Gasteiger partial charge in [0.2, 0.25) is 5.91 Å². The van der Waals surface area contributed by atoms with Crippen molar-refractivity contribution < 1.29 is 4.79 Å². The van der Waals surface area contributed by atoms with E-state index in [0.29, 0.717) is 13.1 Å². The number of hydrogen-bond acceptors (Lipinski definition) is 5. The van der Waals surface area contributed by atoms with Crippen molar-refractivity contribution in [3.05, 3.63) is 30.4 Å². The topological polar surface area (TPSA) is 72.1 Å². The molecule has 0 radical (unpaired) electrons. The van der Waals surface area contributed by atoms with Crippen LogP contribution in [-0.2, 0) is 11.3 Å². The molecule has 22 heavy (non-hydrogen) atoms. The highest BCUT2D eigenvalue weighted by Gasteiger charge is 2.38. The zero-order chi connectivity index (χ0) is 15.7. The fourth-order valence-electron chi connectivity index (χ4n) is 2.92. The first-order valence-electron chi connectivity index (χ1n) is 7.34. The molecule has 1 saturated heterocycles. The van der Waals surface area contributed by atoms with Gasteiger partial charge in [-0.1, -0.05) is 5.21 Å². The van der Waals surface area contributed by atoms with Crippen LogP contribution in [0.3, 0.4) is 0 Å². The average molecular weight is 303 g/mol. The summed E-state index contributed by atoms with van der Waals surface area (Å²) in [5.74, 6) is 0.0811. The lowest BCUT2D eigenvalue weighted by atomic mass is 10.1. The van der Waals surface area contributed by atoms with Crippen molar-refractivity contribution >= 4 is 5.91 Å². The van der Waals surface area contributed by atoms with Crippen molar-refractivity contribution in [2.24, 2.45) is 0 Å². The Bertz CT molecular complexity index is 633. The van der Waals surface area contributed by atoms with Gasteiger partial charge >= 0.3 is 0 Å². The zero-order valence-electron chi connectivity index (χ0n) is 13.1. The van der Waals surface area contributed by atoms with Gasteiger partial charge in [-0.05, 0) is 27.1 Å². The summed E-state index contributed by atoms with van der Waals surface area (Å²) in [5.41, 5.74) is 0.917. The number of amides is 1. The Morgan fingerprint density at radius 2 is 2.18 bits per heavy atom. The van der Waals surface area contributed by atoms with Crippen molar-refractivity contribution in [3.8, 4) is 0 Å². The summed E-state index contributed by atoms with van der Waals surface area (Å²) >= 11 is 0. The van der Waals surface area contributed by atoms with E-state index in [1.807, 2.05) is 49.1 Å². The van der Waals surface area contributed by atoms with Gasteiger partial charge in [0.15, 0.2) is 0 Å². The van der Waals surface area contributed by atoms with E-state index >= 15 is 0 Å². The predicted octanol–water partition coefficient (Wildman–Crippen LogP) is -0.203. The molecule has 2 atom stereocenters. The van der Waals surface area contributed by atoms with Crippen LogP contribution in [0.5, 0.6) is 0 Å². The molecule has 2 aromatic heterocycles. The molecule has 0 bridgehead atoms. The van der Waals surface area contributed by atoms with Crippen molar-refractivity contribution in [3.63, 3.8) is 0 Å². The van der Waals surface area contributed by atoms with Crippen LogP contribution in [0.1, 0.15) is 11.7 Å². The largest absolute Gasteiger partial charge is 0.337 e. The molecule has 0 unspecified atom stereocenters. The van der Waals surface area contributed by atoms with Crippen molar-refractivity contribution in [2.75, 3.05) is 27.2 Å². The van der Waals surface area contributed by atoms with Gasteiger partial charge in [-0.25, -0.2) is 4.68 Å². The normalized spacial score (nSPS) is 21.7. The second kappa shape index (κ2) is 5.88. The molecule has 0 spiro atoms. The summed E-state index contributed by atoms with van der Waals surface area (Å²) in [6, 6.07) is 2.25. The average Bonchev–Trinajstić information content (AvgIpc) is 3.17. The summed E-state index contributed by atoms with van der Waals surface area (Å²) in [4.78, 5) is 16.5. The Kier molecular flexibility index (Phi) is 3.93. The van der Waals surface area contributed by atoms with Crippen LogP contribution in [0, 0.1) is 6.92 Å². The molecule has 2 aromatic rings. The second-order valence-corrected chi connectivity index (χ2v) is 5.93. The molecule has 8 nitrogen and oxygen atoms in total. The number of nitrogens with zero attached hydrogens (tertiary/aromatic N) is 7. The maximum absolute atomic E-state index is 12.5. The molecule has 1 amide bonds. The van der Waals surface area contributed by atoms with Gasteiger partial charge in [0.25, 0.3) is 0 Å². The number of hydrogen-bond donors (Lipinski definition) is 0. The van der Waals surface area contributed by atoms with E-state index in [1.165, 1.54) is 0 Å². The fourth-order valence-corrected chi connectivity index (χ4v) is 2.92. The van der Waals surface area contributed by atoms with Crippen LogP contribution < -0.4 is 0 Å². The summed E-state index contributed by atoms with van der Waals surface area (Å²) in [7, 11) is 4.05. The third kappa shape index (κ3) is 2.87. The highest BCUT2D eigenvalue weighted by atomic mass is 16.2. The van der Waals surface area contributed by atoms with Gasteiger partial charge in [-0.15, -0.1) is 5.10 Å². The lowest BCUT2D eigenvalue weighted by Gasteiger charge is -2.24. The van der Waals surface area contributed by atoms with E-state index in [0.717, 1.165) is 5.69 Å². The molecule has 1 aliphatic heterocycles. The lowest BCUT2D eigenvalue weighted by Crippen LogP contribution is -2.37. The molecular formula is C14H21N7O. The molecule has 0 aromatic carbocycles. The van der Waals surface area contributed by atoms with E-state index < -0.39 is 0 Å². The summed E-state index contributed by atoms with van der Waals surface area (Å²) in [5, 5.41) is 12.3. The van der Waals surface area contributed by atoms with Gasteiger partial charge in [-0.2, -0.15) is 5.10 Å². The summed E-state index contributed by atoms with van der Waals surface area (Å²) in [6.07, 6.45) is 5.36. The van der Waals surface area contributed by atoms with Gasteiger partial charge in [0.1, 0.15) is 6.54 Å². The lowest BCUT2D eigenvalue weighted by molar-refractivity contribution is -0.131. The first-order valence-corrected chi connectivity index (χ1v) is 7.34. The number of aromatic nitrogens is 5. The smallest absolute Gasteiger partial charge is 0.244 e. The minimum atomic E-state index is 0.0811. The van der Waals surface area contributed by atoms with Crippen LogP contribution >= 0.6 is 0 Å². The molecule has 3 heterocycles.